The first-order valence-electron chi connectivity index (χ1n) is 8.21. The number of allylic oxidation sites excluding steroid dienone is 1. The van der Waals surface area contributed by atoms with Crippen molar-refractivity contribution < 1.29 is 13.2 Å². The molecular weight excluding hydrogens is 350 g/mol. The Bertz CT molecular complexity index is 1010. The topological polar surface area (TPSA) is 72.7 Å². The van der Waals surface area contributed by atoms with Gasteiger partial charge >= 0.3 is 0 Å². The fourth-order valence-electron chi connectivity index (χ4n) is 2.99. The predicted molar refractivity (Wildman–Crippen MR) is 104 cm³/mol. The zero-order chi connectivity index (χ0) is 18.7. The number of ether oxygens (including phenoxy) is 1. The molecular formula is C19H21N3O3S. The van der Waals surface area contributed by atoms with Crippen molar-refractivity contribution in [1.82, 2.24) is 9.88 Å². The van der Waals surface area contributed by atoms with Crippen molar-refractivity contribution in [3.63, 3.8) is 0 Å². The summed E-state index contributed by atoms with van der Waals surface area (Å²) >= 11 is 0. The van der Waals surface area contributed by atoms with Crippen LogP contribution in [-0.2, 0) is 16.8 Å². The second-order valence-corrected chi connectivity index (χ2v) is 7.02. The number of aromatic nitrogens is 1. The van der Waals surface area contributed by atoms with E-state index in [1.54, 1.807) is 19.4 Å². The van der Waals surface area contributed by atoms with Crippen molar-refractivity contribution in [2.24, 2.45) is 4.99 Å². The minimum atomic E-state index is -2.35. The summed E-state index contributed by atoms with van der Waals surface area (Å²) in [4.78, 5) is 4.72. The Morgan fingerprint density at radius 1 is 1.31 bits per heavy atom. The fourth-order valence-corrected chi connectivity index (χ4v) is 3.62. The van der Waals surface area contributed by atoms with Gasteiger partial charge in [-0.3, -0.25) is 4.99 Å². The molecule has 7 heteroatoms. The van der Waals surface area contributed by atoms with Crippen molar-refractivity contribution in [3.05, 3.63) is 53.7 Å². The van der Waals surface area contributed by atoms with E-state index in [9.17, 15) is 8.42 Å². The van der Waals surface area contributed by atoms with Crippen LogP contribution in [0.2, 0.25) is 0 Å². The lowest BCUT2D eigenvalue weighted by Crippen LogP contribution is -2.20. The molecule has 0 aliphatic carbocycles. The monoisotopic (exact) mass is 371 g/mol. The maximum Gasteiger partial charge on any atom is 0.221 e. The highest BCUT2D eigenvalue weighted by molar-refractivity contribution is 7.73. The molecule has 0 amide bonds. The van der Waals surface area contributed by atoms with Gasteiger partial charge in [0, 0.05) is 24.5 Å². The number of benzene rings is 1. The number of nitrogens with zero attached hydrogens (tertiary/aromatic N) is 2. The molecule has 1 aliphatic heterocycles. The van der Waals surface area contributed by atoms with E-state index in [2.05, 4.69) is 10.3 Å². The summed E-state index contributed by atoms with van der Waals surface area (Å²) in [5.74, 6) is 0.741. The molecule has 2 heterocycles. The van der Waals surface area contributed by atoms with E-state index in [-0.39, 0.29) is 4.86 Å². The molecule has 0 saturated carbocycles. The maximum atomic E-state index is 11.8. The van der Waals surface area contributed by atoms with Gasteiger partial charge in [0.15, 0.2) is 6.17 Å². The molecule has 1 unspecified atom stereocenters. The standard InChI is InChI=1S/C19H21N3O3S/c1-13-7-18(26(23)24)19(21-10-13)22-12-14(11-20-2)8-17(22)15-5-4-6-16(9-15)25-3/h4-10,12,19-20H,11H2,1-3H3. The van der Waals surface area contributed by atoms with Crippen LogP contribution in [0.15, 0.2) is 53.2 Å². The van der Waals surface area contributed by atoms with Crippen LogP contribution in [0.3, 0.4) is 0 Å². The molecule has 3 rings (SSSR count). The van der Waals surface area contributed by atoms with Gasteiger partial charge < -0.3 is 14.6 Å². The van der Waals surface area contributed by atoms with Gasteiger partial charge in [-0.1, -0.05) is 12.1 Å². The van der Waals surface area contributed by atoms with Crippen molar-refractivity contribution in [1.29, 1.82) is 0 Å². The van der Waals surface area contributed by atoms with E-state index < -0.39 is 16.5 Å². The van der Waals surface area contributed by atoms with Gasteiger partial charge in [0.05, 0.1) is 12.8 Å². The predicted octanol–water partition coefficient (Wildman–Crippen LogP) is 2.46. The van der Waals surface area contributed by atoms with E-state index in [1.807, 2.05) is 55.1 Å². The second kappa shape index (κ2) is 7.72. The second-order valence-electron chi connectivity index (χ2n) is 6.08. The lowest BCUT2D eigenvalue weighted by atomic mass is 10.1. The van der Waals surface area contributed by atoms with Gasteiger partial charge in [-0.25, -0.2) is 0 Å². The highest BCUT2D eigenvalue weighted by Gasteiger charge is 2.23. The summed E-state index contributed by atoms with van der Waals surface area (Å²) in [5, 5.41) is 3.13. The molecule has 0 fully saturated rings. The number of nitrogens with one attached hydrogen (secondary N) is 1. The average Bonchev–Trinajstić information content (AvgIpc) is 3.05. The minimum Gasteiger partial charge on any atom is -0.497 e. The summed E-state index contributed by atoms with van der Waals surface area (Å²) in [6, 6.07) is 9.72. The Kier molecular flexibility index (Phi) is 5.39. The van der Waals surface area contributed by atoms with Crippen LogP contribution in [0.25, 0.3) is 11.3 Å². The van der Waals surface area contributed by atoms with Crippen molar-refractivity contribution in [2.45, 2.75) is 19.6 Å². The molecule has 0 spiro atoms. The van der Waals surface area contributed by atoms with Crippen LogP contribution in [0.4, 0.5) is 0 Å². The Morgan fingerprint density at radius 2 is 2.12 bits per heavy atom. The summed E-state index contributed by atoms with van der Waals surface area (Å²) in [6.07, 6.45) is 4.68. The third kappa shape index (κ3) is 3.63. The lowest BCUT2D eigenvalue weighted by molar-refractivity contribution is 0.415. The number of aliphatic imine (C=N–C) groups is 1. The first-order valence-corrected chi connectivity index (χ1v) is 9.28. The largest absolute Gasteiger partial charge is 0.497 e. The van der Waals surface area contributed by atoms with E-state index in [4.69, 9.17) is 4.74 Å². The number of dihydropyridines is 1. The average molecular weight is 371 g/mol. The van der Waals surface area contributed by atoms with Gasteiger partial charge in [-0.05, 0) is 49.4 Å². The van der Waals surface area contributed by atoms with E-state index >= 15 is 0 Å². The minimum absolute atomic E-state index is 0.251. The Balaban J connectivity index is 2.18. The number of rotatable bonds is 5. The molecule has 0 saturated heterocycles. The first-order chi connectivity index (χ1) is 12.5. The van der Waals surface area contributed by atoms with Crippen LogP contribution >= 0.6 is 0 Å². The normalized spacial score (nSPS) is 16.5. The van der Waals surface area contributed by atoms with Crippen molar-refractivity contribution in [2.75, 3.05) is 14.2 Å². The van der Waals surface area contributed by atoms with E-state index in [0.29, 0.717) is 6.54 Å². The van der Waals surface area contributed by atoms with Crippen LogP contribution in [0.1, 0.15) is 18.7 Å². The zero-order valence-electron chi connectivity index (χ0n) is 14.9. The van der Waals surface area contributed by atoms with Crippen LogP contribution < -0.4 is 10.1 Å². The van der Waals surface area contributed by atoms with Crippen LogP contribution in [0.5, 0.6) is 5.75 Å². The molecule has 0 radical (unpaired) electrons. The molecule has 6 nitrogen and oxygen atoms in total. The van der Waals surface area contributed by atoms with Crippen molar-refractivity contribution >= 4 is 21.4 Å². The van der Waals surface area contributed by atoms with Gasteiger partial charge in [-0.15, -0.1) is 0 Å². The molecule has 0 bridgehead atoms. The highest BCUT2D eigenvalue weighted by atomic mass is 32.2. The van der Waals surface area contributed by atoms with Crippen molar-refractivity contribution in [3.8, 4) is 17.0 Å². The molecule has 1 aromatic heterocycles. The number of hydrogen-bond donors (Lipinski definition) is 1. The lowest BCUT2D eigenvalue weighted by Gasteiger charge is -2.20. The fraction of sp³-hybridized carbons (Fsp3) is 0.263. The Labute approximate surface area is 154 Å². The number of hydrogen-bond acceptors (Lipinski definition) is 5. The third-order valence-electron chi connectivity index (χ3n) is 4.15. The molecule has 1 aliphatic rings. The Hall–Kier alpha value is -2.64. The maximum absolute atomic E-state index is 11.8. The smallest absolute Gasteiger partial charge is 0.221 e. The molecule has 1 aromatic carbocycles. The SMILES string of the molecule is CNCc1cc(-c2cccc(OC)c2)n(C2N=CC(C)=CC2=S(=O)=O)c1. The highest BCUT2D eigenvalue weighted by Crippen LogP contribution is 2.30. The quantitative estimate of drug-likeness (QED) is 0.820. The third-order valence-corrected chi connectivity index (χ3v) is 4.86. The van der Waals surface area contributed by atoms with E-state index in [0.717, 1.165) is 28.1 Å². The van der Waals surface area contributed by atoms with Crippen LogP contribution in [-0.4, -0.2) is 38.2 Å². The molecule has 1 atom stereocenters. The molecule has 26 heavy (non-hydrogen) atoms. The summed E-state index contributed by atoms with van der Waals surface area (Å²) in [7, 11) is 1.14. The molecule has 1 N–H and O–H groups in total. The summed E-state index contributed by atoms with van der Waals surface area (Å²) < 4.78 is 30.7. The molecule has 136 valence electrons. The van der Waals surface area contributed by atoms with E-state index in [1.165, 1.54) is 0 Å². The van der Waals surface area contributed by atoms with Gasteiger partial charge in [0.1, 0.15) is 10.6 Å². The number of methoxy groups -OCH3 is 1. The van der Waals surface area contributed by atoms with Gasteiger partial charge in [-0.2, -0.15) is 8.42 Å². The zero-order valence-corrected chi connectivity index (χ0v) is 15.7. The first kappa shape index (κ1) is 18.2. The summed E-state index contributed by atoms with van der Waals surface area (Å²) in [5.41, 5.74) is 3.67. The molecule has 2 aromatic rings. The van der Waals surface area contributed by atoms with Gasteiger partial charge in [0.2, 0.25) is 10.3 Å². The van der Waals surface area contributed by atoms with Gasteiger partial charge in [0.25, 0.3) is 0 Å². The van der Waals surface area contributed by atoms with Crippen LogP contribution in [0, 0.1) is 0 Å². The summed E-state index contributed by atoms with van der Waals surface area (Å²) in [6.45, 7) is 2.50. The Morgan fingerprint density at radius 3 is 2.81 bits per heavy atom.